The Hall–Kier alpha value is -3.14. The van der Waals surface area contributed by atoms with Crippen LogP contribution in [0, 0.1) is 28.9 Å². The van der Waals surface area contributed by atoms with Gasteiger partial charge in [-0.1, -0.05) is 0 Å². The minimum atomic E-state index is -0.982. The summed E-state index contributed by atoms with van der Waals surface area (Å²) in [5.41, 5.74) is 2.11. The van der Waals surface area contributed by atoms with Crippen LogP contribution in [0.2, 0.25) is 0 Å². The fourth-order valence-corrected chi connectivity index (χ4v) is 3.11. The average Bonchev–Trinajstić information content (AvgIpc) is 3.03. The molecule has 0 atom stereocenters. The second kappa shape index (κ2) is 5.20. The number of benzene rings is 1. The highest BCUT2D eigenvalue weighted by Crippen LogP contribution is 2.40. The molecule has 1 aliphatic carbocycles. The van der Waals surface area contributed by atoms with Crippen LogP contribution in [0.15, 0.2) is 24.4 Å². The third-order valence-corrected chi connectivity index (χ3v) is 4.16. The molecule has 0 amide bonds. The van der Waals surface area contributed by atoms with E-state index in [9.17, 15) is 18.4 Å². The lowest BCUT2D eigenvalue weighted by atomic mass is 9.86. The van der Waals surface area contributed by atoms with Crippen molar-refractivity contribution >= 4 is 0 Å². The number of aryl methyl sites for hydroxylation is 1. The van der Waals surface area contributed by atoms with E-state index in [-0.39, 0.29) is 16.7 Å². The highest BCUT2D eigenvalue weighted by atomic mass is 19.1. The van der Waals surface area contributed by atoms with E-state index in [0.717, 1.165) is 11.8 Å². The molecule has 24 heavy (non-hydrogen) atoms. The first-order chi connectivity index (χ1) is 11.6. The highest BCUT2D eigenvalue weighted by molar-refractivity contribution is 5.82. The molecular weight excluding hydrogens is 317 g/mol. The molecule has 7 heteroatoms. The van der Waals surface area contributed by atoms with Crippen LogP contribution >= 0.6 is 0 Å². The van der Waals surface area contributed by atoms with E-state index in [0.29, 0.717) is 35.7 Å². The molecular formula is C17H9F3N4. The Morgan fingerprint density at radius 3 is 2.71 bits per heavy atom. The van der Waals surface area contributed by atoms with Gasteiger partial charge in [0.1, 0.15) is 23.3 Å². The number of aromatic amines is 1. The maximum atomic E-state index is 14.4. The predicted octanol–water partition coefficient (Wildman–Crippen LogP) is 3.53. The van der Waals surface area contributed by atoms with Crippen LogP contribution in [0.5, 0.6) is 0 Å². The molecule has 2 heterocycles. The molecule has 0 unspecified atom stereocenters. The fourth-order valence-electron chi connectivity index (χ4n) is 3.11. The molecule has 4 nitrogen and oxygen atoms in total. The van der Waals surface area contributed by atoms with Crippen molar-refractivity contribution in [3.63, 3.8) is 0 Å². The van der Waals surface area contributed by atoms with E-state index in [1.165, 1.54) is 12.3 Å². The lowest BCUT2D eigenvalue weighted by Crippen LogP contribution is -2.11. The fraction of sp³-hybridized carbons (Fsp3) is 0.118. The summed E-state index contributed by atoms with van der Waals surface area (Å²) in [7, 11) is 0. The molecule has 0 bridgehead atoms. The normalized spacial score (nSPS) is 12.4. The van der Waals surface area contributed by atoms with Gasteiger partial charge in [0.2, 0.25) is 5.95 Å². The Morgan fingerprint density at radius 2 is 1.96 bits per heavy atom. The zero-order chi connectivity index (χ0) is 16.8. The van der Waals surface area contributed by atoms with Crippen molar-refractivity contribution in [2.45, 2.75) is 12.8 Å². The first-order valence-electron chi connectivity index (χ1n) is 7.20. The van der Waals surface area contributed by atoms with Crippen LogP contribution in [0.25, 0.3) is 22.4 Å². The second-order valence-electron chi connectivity index (χ2n) is 5.48. The molecule has 2 aromatic heterocycles. The Balaban J connectivity index is 2.09. The topological polar surface area (TPSA) is 65.4 Å². The Labute approximate surface area is 134 Å². The van der Waals surface area contributed by atoms with Gasteiger partial charge in [-0.15, -0.1) is 0 Å². The number of hydrogen-bond donors (Lipinski definition) is 1. The standard InChI is InChI=1S/C17H9F3N4/c18-8-1-2-9(13(19)5-8)15-10-3-4-14-12(7-22-24-14)16(10)23-17(20)11(15)6-21/h1-2,5,7H,3-4H2,(H,22,24). The van der Waals surface area contributed by atoms with Crippen LogP contribution in [-0.2, 0) is 12.8 Å². The van der Waals surface area contributed by atoms with E-state index >= 15 is 0 Å². The van der Waals surface area contributed by atoms with E-state index < -0.39 is 17.6 Å². The number of nitriles is 1. The molecule has 0 aliphatic heterocycles. The van der Waals surface area contributed by atoms with Gasteiger partial charge < -0.3 is 0 Å². The lowest BCUT2D eigenvalue weighted by Gasteiger charge is -2.20. The van der Waals surface area contributed by atoms with E-state index in [4.69, 9.17) is 0 Å². The number of halogens is 3. The Kier molecular flexibility index (Phi) is 3.13. The van der Waals surface area contributed by atoms with Crippen LogP contribution < -0.4 is 0 Å². The number of rotatable bonds is 1. The summed E-state index contributed by atoms with van der Waals surface area (Å²) in [6.45, 7) is 0. The van der Waals surface area contributed by atoms with Gasteiger partial charge in [0.15, 0.2) is 0 Å². The number of hydrogen-bond acceptors (Lipinski definition) is 3. The lowest BCUT2D eigenvalue weighted by molar-refractivity contribution is 0.577. The third kappa shape index (κ3) is 2.00. The van der Waals surface area contributed by atoms with Crippen molar-refractivity contribution in [1.82, 2.24) is 15.2 Å². The average molecular weight is 326 g/mol. The van der Waals surface area contributed by atoms with Crippen molar-refractivity contribution in [1.29, 1.82) is 5.26 Å². The summed E-state index contributed by atoms with van der Waals surface area (Å²) >= 11 is 0. The van der Waals surface area contributed by atoms with Crippen LogP contribution in [0.1, 0.15) is 16.8 Å². The molecule has 0 saturated carbocycles. The number of nitrogens with zero attached hydrogens (tertiary/aromatic N) is 3. The second-order valence-corrected chi connectivity index (χ2v) is 5.48. The van der Waals surface area contributed by atoms with Gasteiger partial charge in [-0.3, -0.25) is 5.10 Å². The van der Waals surface area contributed by atoms with Gasteiger partial charge in [-0.05, 0) is 30.5 Å². The van der Waals surface area contributed by atoms with Crippen molar-refractivity contribution in [2.75, 3.05) is 0 Å². The van der Waals surface area contributed by atoms with Crippen molar-refractivity contribution in [2.24, 2.45) is 0 Å². The first kappa shape index (κ1) is 14.5. The minimum absolute atomic E-state index is 0.0163. The molecule has 1 aliphatic rings. The summed E-state index contributed by atoms with van der Waals surface area (Å²) in [5, 5.41) is 16.1. The summed E-state index contributed by atoms with van der Waals surface area (Å²) in [6.07, 6.45) is 2.55. The van der Waals surface area contributed by atoms with Gasteiger partial charge in [0.25, 0.3) is 0 Å². The van der Waals surface area contributed by atoms with E-state index in [1.807, 2.05) is 0 Å². The molecule has 1 aromatic carbocycles. The summed E-state index contributed by atoms with van der Waals surface area (Å²) < 4.78 is 41.9. The largest absolute Gasteiger partial charge is 0.282 e. The first-order valence-corrected chi connectivity index (χ1v) is 7.20. The SMILES string of the molecule is N#Cc1c(F)nc2c(c1-c1ccc(F)cc1F)CCc1[nH]ncc1-2. The smallest absolute Gasteiger partial charge is 0.232 e. The number of aromatic nitrogens is 3. The molecule has 0 radical (unpaired) electrons. The van der Waals surface area contributed by atoms with E-state index in [2.05, 4.69) is 15.2 Å². The summed E-state index contributed by atoms with van der Waals surface area (Å²) in [5.74, 6) is -2.57. The monoisotopic (exact) mass is 326 g/mol. The number of H-pyrrole nitrogens is 1. The maximum absolute atomic E-state index is 14.4. The molecule has 0 fully saturated rings. The Bertz CT molecular complexity index is 1020. The highest BCUT2D eigenvalue weighted by Gasteiger charge is 2.28. The Morgan fingerprint density at radius 1 is 1.12 bits per heavy atom. The molecule has 118 valence electrons. The van der Waals surface area contributed by atoms with Crippen molar-refractivity contribution in [3.8, 4) is 28.5 Å². The third-order valence-electron chi connectivity index (χ3n) is 4.16. The van der Waals surface area contributed by atoms with Crippen LogP contribution in [0.3, 0.4) is 0 Å². The minimum Gasteiger partial charge on any atom is -0.282 e. The van der Waals surface area contributed by atoms with E-state index in [1.54, 1.807) is 6.07 Å². The molecule has 3 aromatic rings. The molecule has 1 N–H and O–H groups in total. The quantitative estimate of drug-likeness (QED) is 0.696. The number of fused-ring (bicyclic) bond motifs is 3. The van der Waals surface area contributed by atoms with Gasteiger partial charge in [-0.25, -0.2) is 13.8 Å². The zero-order valence-corrected chi connectivity index (χ0v) is 12.2. The zero-order valence-electron chi connectivity index (χ0n) is 12.2. The number of nitrogens with one attached hydrogen (secondary N) is 1. The van der Waals surface area contributed by atoms with Gasteiger partial charge in [0, 0.05) is 28.5 Å². The van der Waals surface area contributed by atoms with Crippen molar-refractivity contribution < 1.29 is 13.2 Å². The number of pyridine rings is 1. The summed E-state index contributed by atoms with van der Waals surface area (Å²) in [4.78, 5) is 3.89. The van der Waals surface area contributed by atoms with Gasteiger partial charge in [0.05, 0.1) is 11.9 Å². The van der Waals surface area contributed by atoms with Gasteiger partial charge in [-0.2, -0.15) is 14.8 Å². The molecule has 0 saturated heterocycles. The molecule has 4 rings (SSSR count). The van der Waals surface area contributed by atoms with Crippen molar-refractivity contribution in [3.05, 3.63) is 58.8 Å². The molecule has 0 spiro atoms. The van der Waals surface area contributed by atoms with Gasteiger partial charge >= 0.3 is 0 Å². The maximum Gasteiger partial charge on any atom is 0.232 e. The van der Waals surface area contributed by atoms with Crippen LogP contribution in [0.4, 0.5) is 13.2 Å². The summed E-state index contributed by atoms with van der Waals surface area (Å²) in [6, 6.07) is 4.76. The van der Waals surface area contributed by atoms with Crippen LogP contribution in [-0.4, -0.2) is 15.2 Å². The predicted molar refractivity (Wildman–Crippen MR) is 79.3 cm³/mol.